The molecule has 0 radical (unpaired) electrons. The van der Waals surface area contributed by atoms with Gasteiger partial charge in [-0.1, -0.05) is 0 Å². The fourth-order valence-corrected chi connectivity index (χ4v) is 4.19. The summed E-state index contributed by atoms with van der Waals surface area (Å²) in [7, 11) is 0. The maximum atomic E-state index is 5.78. The second kappa shape index (κ2) is 4.22. The van der Waals surface area contributed by atoms with E-state index in [4.69, 9.17) is 10.7 Å². The van der Waals surface area contributed by atoms with Crippen molar-refractivity contribution in [1.29, 1.82) is 0 Å². The van der Waals surface area contributed by atoms with Crippen LogP contribution in [0.2, 0.25) is 0 Å². The van der Waals surface area contributed by atoms with Gasteiger partial charge < -0.3 is 5.73 Å². The van der Waals surface area contributed by atoms with Crippen LogP contribution in [0.15, 0.2) is 15.9 Å². The van der Waals surface area contributed by atoms with Crippen molar-refractivity contribution in [3.8, 4) is 9.88 Å². The fraction of sp³-hybridized carbons (Fsp3) is 0.364. The van der Waals surface area contributed by atoms with E-state index >= 15 is 0 Å². The average molecular weight is 315 g/mol. The van der Waals surface area contributed by atoms with Crippen LogP contribution in [0, 0.1) is 0 Å². The van der Waals surface area contributed by atoms with Gasteiger partial charge in [-0.05, 0) is 40.9 Å². The van der Waals surface area contributed by atoms with Gasteiger partial charge in [0.1, 0.15) is 5.01 Å². The van der Waals surface area contributed by atoms with Crippen LogP contribution in [0.5, 0.6) is 0 Å². The van der Waals surface area contributed by atoms with Crippen molar-refractivity contribution < 1.29 is 0 Å². The van der Waals surface area contributed by atoms with Gasteiger partial charge in [-0.15, -0.1) is 22.7 Å². The monoisotopic (exact) mass is 314 g/mol. The molecule has 3 rings (SSSR count). The van der Waals surface area contributed by atoms with Crippen LogP contribution in [0.4, 0.5) is 0 Å². The number of thiazole rings is 1. The van der Waals surface area contributed by atoms with Gasteiger partial charge in [-0.25, -0.2) is 4.98 Å². The number of thiophene rings is 1. The third-order valence-corrected chi connectivity index (χ3v) is 5.55. The molecule has 1 aliphatic carbocycles. The minimum atomic E-state index is 0.621. The summed E-state index contributed by atoms with van der Waals surface area (Å²) in [5.74, 6) is 0.687. The molecule has 1 aliphatic rings. The van der Waals surface area contributed by atoms with E-state index in [9.17, 15) is 0 Å². The Bertz CT molecular complexity index is 514. The number of nitrogens with zero attached hydrogens (tertiary/aromatic N) is 1. The molecular weight excluding hydrogens is 304 g/mol. The van der Waals surface area contributed by atoms with Gasteiger partial charge in [0, 0.05) is 17.3 Å². The molecular formula is C11H11BrN2S2. The van der Waals surface area contributed by atoms with Crippen LogP contribution in [0.25, 0.3) is 9.88 Å². The molecule has 0 saturated heterocycles. The Morgan fingerprint density at radius 2 is 2.19 bits per heavy atom. The van der Waals surface area contributed by atoms with Gasteiger partial charge in [-0.2, -0.15) is 0 Å². The first-order valence-electron chi connectivity index (χ1n) is 5.23. The second-order valence-electron chi connectivity index (χ2n) is 3.91. The summed E-state index contributed by atoms with van der Waals surface area (Å²) in [5, 5.41) is 1.12. The molecule has 0 atom stereocenters. The van der Waals surface area contributed by atoms with E-state index < -0.39 is 0 Å². The Balaban J connectivity index is 2.01. The molecule has 0 aliphatic heterocycles. The van der Waals surface area contributed by atoms with Gasteiger partial charge in [-0.3, -0.25) is 0 Å². The van der Waals surface area contributed by atoms with Crippen LogP contribution < -0.4 is 5.73 Å². The standard InChI is InChI=1S/C11H11BrN2S2/c12-9-4-3-7(15-9)11-14-10(6-1-2-6)8(5-13)16-11/h3-4,6H,1-2,5,13H2. The minimum Gasteiger partial charge on any atom is -0.326 e. The lowest BCUT2D eigenvalue weighted by atomic mass is 10.2. The van der Waals surface area contributed by atoms with Gasteiger partial charge in [0.2, 0.25) is 0 Å². The van der Waals surface area contributed by atoms with Crippen molar-refractivity contribution in [2.24, 2.45) is 5.73 Å². The maximum absolute atomic E-state index is 5.78. The molecule has 0 amide bonds. The van der Waals surface area contributed by atoms with Crippen molar-refractivity contribution in [2.45, 2.75) is 25.3 Å². The predicted molar refractivity (Wildman–Crippen MR) is 73.0 cm³/mol. The molecule has 0 unspecified atom stereocenters. The molecule has 2 nitrogen and oxygen atoms in total. The van der Waals surface area contributed by atoms with Crippen molar-refractivity contribution in [1.82, 2.24) is 4.98 Å². The highest BCUT2D eigenvalue weighted by Crippen LogP contribution is 2.45. The zero-order valence-corrected chi connectivity index (χ0v) is 11.8. The van der Waals surface area contributed by atoms with Crippen LogP contribution >= 0.6 is 38.6 Å². The van der Waals surface area contributed by atoms with Crippen molar-refractivity contribution in [3.63, 3.8) is 0 Å². The fourth-order valence-electron chi connectivity index (χ4n) is 1.72. The Labute approximate surface area is 111 Å². The third-order valence-electron chi connectivity index (χ3n) is 2.66. The van der Waals surface area contributed by atoms with E-state index in [1.807, 2.05) is 0 Å². The van der Waals surface area contributed by atoms with Crippen LogP contribution in [-0.4, -0.2) is 4.98 Å². The topological polar surface area (TPSA) is 38.9 Å². The van der Waals surface area contributed by atoms with E-state index in [0.29, 0.717) is 12.5 Å². The Kier molecular flexibility index (Phi) is 2.87. The van der Waals surface area contributed by atoms with Gasteiger partial charge >= 0.3 is 0 Å². The lowest BCUT2D eigenvalue weighted by molar-refractivity contribution is 0.980. The Morgan fingerprint density at radius 3 is 2.75 bits per heavy atom. The first-order chi connectivity index (χ1) is 7.78. The van der Waals surface area contributed by atoms with E-state index in [1.54, 1.807) is 22.7 Å². The molecule has 5 heteroatoms. The van der Waals surface area contributed by atoms with Gasteiger partial charge in [0.05, 0.1) is 14.4 Å². The smallest absolute Gasteiger partial charge is 0.133 e. The lowest BCUT2D eigenvalue weighted by Crippen LogP contribution is -1.96. The van der Waals surface area contributed by atoms with Crippen molar-refractivity contribution >= 4 is 38.6 Å². The maximum Gasteiger partial charge on any atom is 0.133 e. The van der Waals surface area contributed by atoms with Crippen LogP contribution in [0.3, 0.4) is 0 Å². The van der Waals surface area contributed by atoms with Crippen molar-refractivity contribution in [2.75, 3.05) is 0 Å². The molecule has 2 aromatic rings. The zero-order chi connectivity index (χ0) is 11.1. The number of halogens is 1. The average Bonchev–Trinajstić information content (AvgIpc) is 2.88. The summed E-state index contributed by atoms with van der Waals surface area (Å²) in [4.78, 5) is 7.26. The quantitative estimate of drug-likeness (QED) is 0.931. The molecule has 2 aromatic heterocycles. The highest BCUT2D eigenvalue weighted by molar-refractivity contribution is 9.11. The number of hydrogen-bond donors (Lipinski definition) is 1. The molecule has 0 bridgehead atoms. The number of aromatic nitrogens is 1. The van der Waals surface area contributed by atoms with Crippen molar-refractivity contribution in [3.05, 3.63) is 26.5 Å². The normalized spacial score (nSPS) is 15.6. The summed E-state index contributed by atoms with van der Waals surface area (Å²) in [5.41, 5.74) is 7.03. The predicted octanol–water partition coefficient (Wildman–Crippen LogP) is 3.97. The van der Waals surface area contributed by atoms with Gasteiger partial charge in [0.15, 0.2) is 0 Å². The second-order valence-corrected chi connectivity index (χ2v) is 7.46. The molecule has 2 heterocycles. The Hall–Kier alpha value is -0.230. The van der Waals surface area contributed by atoms with E-state index in [2.05, 4.69) is 28.1 Å². The molecule has 84 valence electrons. The molecule has 1 fully saturated rings. The largest absolute Gasteiger partial charge is 0.326 e. The summed E-state index contributed by atoms with van der Waals surface area (Å²) >= 11 is 6.96. The van der Waals surface area contributed by atoms with E-state index in [0.717, 1.165) is 8.79 Å². The van der Waals surface area contributed by atoms with E-state index in [1.165, 1.54) is 28.3 Å². The third kappa shape index (κ3) is 1.97. The summed E-state index contributed by atoms with van der Waals surface area (Å²) < 4.78 is 1.15. The minimum absolute atomic E-state index is 0.621. The van der Waals surface area contributed by atoms with Crippen LogP contribution in [0.1, 0.15) is 29.3 Å². The SMILES string of the molecule is NCc1sc(-c2ccc(Br)s2)nc1C1CC1. The molecule has 0 spiro atoms. The Morgan fingerprint density at radius 1 is 1.38 bits per heavy atom. The number of hydrogen-bond acceptors (Lipinski definition) is 4. The lowest BCUT2D eigenvalue weighted by Gasteiger charge is -1.93. The highest BCUT2D eigenvalue weighted by atomic mass is 79.9. The molecule has 2 N–H and O–H groups in total. The summed E-state index contributed by atoms with van der Waals surface area (Å²) in [6.45, 7) is 0.621. The summed E-state index contributed by atoms with van der Waals surface area (Å²) in [6.07, 6.45) is 2.56. The number of rotatable bonds is 3. The first kappa shape index (κ1) is 10.9. The van der Waals surface area contributed by atoms with E-state index in [-0.39, 0.29) is 0 Å². The summed E-state index contributed by atoms with van der Waals surface area (Å²) in [6, 6.07) is 4.19. The first-order valence-corrected chi connectivity index (χ1v) is 7.66. The zero-order valence-electron chi connectivity index (χ0n) is 8.57. The number of nitrogens with two attached hydrogens (primary N) is 1. The van der Waals surface area contributed by atoms with Crippen LogP contribution in [-0.2, 0) is 6.54 Å². The molecule has 1 saturated carbocycles. The highest BCUT2D eigenvalue weighted by Gasteiger charge is 2.29. The van der Waals surface area contributed by atoms with Gasteiger partial charge in [0.25, 0.3) is 0 Å². The molecule has 16 heavy (non-hydrogen) atoms. The molecule has 0 aromatic carbocycles.